The van der Waals surface area contributed by atoms with E-state index in [1.54, 1.807) is 12.2 Å². The molecule has 1 fully saturated rings. The maximum Gasteiger partial charge on any atom is 0.165 e. The Labute approximate surface area is 208 Å². The molecular formula is C31H34O4. The van der Waals surface area contributed by atoms with E-state index >= 15 is 0 Å². The zero-order chi connectivity index (χ0) is 24.6. The van der Waals surface area contributed by atoms with Crippen LogP contribution in [0.2, 0.25) is 0 Å². The van der Waals surface area contributed by atoms with Crippen LogP contribution in [-0.4, -0.2) is 11.9 Å². The molecule has 0 heterocycles. The lowest BCUT2D eigenvalue weighted by Gasteiger charge is -2.29. The first-order valence-corrected chi connectivity index (χ1v) is 12.3. The van der Waals surface area contributed by atoms with Gasteiger partial charge in [-0.2, -0.15) is 4.89 Å². The predicted molar refractivity (Wildman–Crippen MR) is 140 cm³/mol. The lowest BCUT2D eigenvalue weighted by atomic mass is 9.75. The van der Waals surface area contributed by atoms with Crippen LogP contribution >= 0.6 is 0 Å². The largest absolute Gasteiger partial charge is 0.337 e. The first kappa shape index (κ1) is 24.9. The summed E-state index contributed by atoms with van der Waals surface area (Å²) in [7, 11) is 0. The van der Waals surface area contributed by atoms with E-state index in [9.17, 15) is 0 Å². The van der Waals surface area contributed by atoms with Crippen LogP contribution in [0.1, 0.15) is 65.9 Å². The van der Waals surface area contributed by atoms with Crippen LogP contribution in [0.25, 0.3) is 11.1 Å². The van der Waals surface area contributed by atoms with Gasteiger partial charge in [0.15, 0.2) is 5.75 Å². The second kappa shape index (κ2) is 12.0. The van der Waals surface area contributed by atoms with Crippen molar-refractivity contribution in [3.63, 3.8) is 0 Å². The molecule has 35 heavy (non-hydrogen) atoms. The van der Waals surface area contributed by atoms with Crippen molar-refractivity contribution >= 4 is 0 Å². The molecule has 4 heteroatoms. The molecule has 4 nitrogen and oxygen atoms in total. The molecule has 1 N–H and O–H groups in total. The minimum Gasteiger partial charge on any atom is -0.337 e. The van der Waals surface area contributed by atoms with Crippen molar-refractivity contribution in [2.45, 2.75) is 50.5 Å². The van der Waals surface area contributed by atoms with Gasteiger partial charge in [-0.15, -0.1) is 13.2 Å². The molecule has 1 atom stereocenters. The molecule has 1 unspecified atom stereocenters. The average Bonchev–Trinajstić information content (AvgIpc) is 2.90. The fourth-order valence-corrected chi connectivity index (χ4v) is 5.06. The number of hydrogen-bond donors (Lipinski definition) is 1. The average molecular weight is 471 g/mol. The van der Waals surface area contributed by atoms with Crippen LogP contribution in [0.5, 0.6) is 5.75 Å². The molecule has 0 bridgehead atoms. The third kappa shape index (κ3) is 6.09. The molecule has 1 aliphatic carbocycles. The molecule has 0 aliphatic heterocycles. The number of benzene rings is 3. The first-order valence-electron chi connectivity index (χ1n) is 12.3. The highest BCUT2D eigenvalue weighted by atomic mass is 17.2. The third-order valence-electron chi connectivity index (χ3n) is 7.02. The van der Waals surface area contributed by atoms with Crippen molar-refractivity contribution in [3.8, 4) is 16.9 Å². The number of aryl methyl sites for hydroxylation is 1. The molecule has 0 radical (unpaired) electrons. The Hall–Kier alpha value is -3.18. The molecule has 1 saturated carbocycles. The van der Waals surface area contributed by atoms with Gasteiger partial charge in [-0.05, 0) is 90.0 Å². The Bertz CT molecular complexity index is 1110. The second-order valence-electron chi connectivity index (χ2n) is 9.23. The molecule has 182 valence electrons. The molecule has 0 aromatic heterocycles. The molecule has 0 spiro atoms. The molecule has 0 saturated heterocycles. The van der Waals surface area contributed by atoms with Gasteiger partial charge in [0.25, 0.3) is 0 Å². The molecule has 1 aliphatic rings. The summed E-state index contributed by atoms with van der Waals surface area (Å²) in [5.41, 5.74) is 7.42. The van der Waals surface area contributed by atoms with Gasteiger partial charge in [-0.1, -0.05) is 66.7 Å². The van der Waals surface area contributed by atoms with Crippen LogP contribution in [0.15, 0.2) is 92.0 Å². The van der Waals surface area contributed by atoms with Crippen LogP contribution in [0.4, 0.5) is 0 Å². The van der Waals surface area contributed by atoms with E-state index in [1.165, 1.54) is 53.5 Å². The smallest absolute Gasteiger partial charge is 0.165 e. The lowest BCUT2D eigenvalue weighted by Crippen LogP contribution is -2.12. The molecular weight excluding hydrogens is 436 g/mol. The summed E-state index contributed by atoms with van der Waals surface area (Å²) in [6.07, 6.45) is 7.51. The van der Waals surface area contributed by atoms with Crippen LogP contribution in [0.3, 0.4) is 0 Å². The monoisotopic (exact) mass is 470 g/mol. The number of hydrogen-bond acceptors (Lipinski definition) is 4. The Balaban J connectivity index is 1.37. The summed E-state index contributed by atoms with van der Waals surface area (Å²) in [6, 6.07) is 23.3. The highest BCUT2D eigenvalue weighted by Gasteiger charge is 2.24. The third-order valence-corrected chi connectivity index (χ3v) is 7.02. The fourth-order valence-electron chi connectivity index (χ4n) is 5.06. The van der Waals surface area contributed by atoms with Gasteiger partial charge >= 0.3 is 0 Å². The molecule has 3 aromatic carbocycles. The van der Waals surface area contributed by atoms with Gasteiger partial charge in [-0.25, -0.2) is 4.89 Å². The SMILES string of the molecule is C=CCOOc1ccc(-c2ccc(C3CCC(c4ccc(C(C=C)OO)cc4)CC3)cc2C)cc1. The van der Waals surface area contributed by atoms with Crippen molar-refractivity contribution in [2.75, 3.05) is 6.61 Å². The maximum atomic E-state index is 9.00. The van der Waals surface area contributed by atoms with E-state index in [2.05, 4.69) is 67.4 Å². The van der Waals surface area contributed by atoms with E-state index in [1.807, 2.05) is 24.3 Å². The Kier molecular flexibility index (Phi) is 8.54. The van der Waals surface area contributed by atoms with Gasteiger partial charge in [0.05, 0.1) is 0 Å². The van der Waals surface area contributed by atoms with Gasteiger partial charge < -0.3 is 4.89 Å². The van der Waals surface area contributed by atoms with Crippen molar-refractivity contribution < 1.29 is 19.9 Å². The maximum absolute atomic E-state index is 9.00. The van der Waals surface area contributed by atoms with Crippen LogP contribution in [-0.2, 0) is 9.78 Å². The summed E-state index contributed by atoms with van der Waals surface area (Å²) < 4.78 is 0. The first-order chi connectivity index (χ1) is 17.1. The van der Waals surface area contributed by atoms with Crippen molar-refractivity contribution in [1.82, 2.24) is 0 Å². The molecule has 0 amide bonds. The topological polar surface area (TPSA) is 47.9 Å². The highest BCUT2D eigenvalue weighted by molar-refractivity contribution is 5.68. The summed E-state index contributed by atoms with van der Waals surface area (Å²) in [4.78, 5) is 14.8. The van der Waals surface area contributed by atoms with Crippen molar-refractivity contribution in [2.24, 2.45) is 0 Å². The van der Waals surface area contributed by atoms with Crippen molar-refractivity contribution in [1.29, 1.82) is 0 Å². The van der Waals surface area contributed by atoms with Gasteiger partial charge in [0, 0.05) is 0 Å². The van der Waals surface area contributed by atoms with E-state index in [-0.39, 0.29) is 0 Å². The Morgan fingerprint density at radius 2 is 1.51 bits per heavy atom. The second-order valence-corrected chi connectivity index (χ2v) is 9.23. The van der Waals surface area contributed by atoms with Gasteiger partial charge in [0.2, 0.25) is 0 Å². The number of rotatable bonds is 10. The fraction of sp³-hybridized carbons (Fsp3) is 0.290. The van der Waals surface area contributed by atoms with Gasteiger partial charge in [-0.3, -0.25) is 5.26 Å². The minimum absolute atomic E-state index is 0.354. The molecule has 3 aromatic rings. The standard InChI is InChI=1S/C31H34O4/c1-4-20-33-35-29-17-14-26(15-18-29)30-19-16-28(21-22(30)3)25-8-6-23(7-9-25)24-10-12-27(13-11-24)31(5-2)34-32/h4-5,10-19,21,23,25,31-32H,1-2,6-9,20H2,3H3. The Morgan fingerprint density at radius 3 is 2.09 bits per heavy atom. The highest BCUT2D eigenvalue weighted by Crippen LogP contribution is 2.41. The summed E-state index contributed by atoms with van der Waals surface area (Å²) in [5, 5.41) is 9.00. The zero-order valence-electron chi connectivity index (χ0n) is 20.4. The normalized spacial score (nSPS) is 18.6. The predicted octanol–water partition coefficient (Wildman–Crippen LogP) is 8.32. The minimum atomic E-state index is -0.478. The lowest BCUT2D eigenvalue weighted by molar-refractivity contribution is -0.268. The summed E-state index contributed by atoms with van der Waals surface area (Å²) >= 11 is 0. The summed E-state index contributed by atoms with van der Waals surface area (Å²) in [6.45, 7) is 9.86. The zero-order valence-corrected chi connectivity index (χ0v) is 20.4. The van der Waals surface area contributed by atoms with Crippen LogP contribution in [0, 0.1) is 6.92 Å². The molecule has 4 rings (SSSR count). The van der Waals surface area contributed by atoms with E-state index < -0.39 is 6.10 Å². The van der Waals surface area contributed by atoms with E-state index in [4.69, 9.17) is 15.0 Å². The van der Waals surface area contributed by atoms with E-state index in [0.717, 1.165) is 5.56 Å². The van der Waals surface area contributed by atoms with Crippen molar-refractivity contribution in [3.05, 3.63) is 114 Å². The summed E-state index contributed by atoms with van der Waals surface area (Å²) in [5.74, 6) is 1.86. The Morgan fingerprint density at radius 1 is 0.886 bits per heavy atom. The quantitative estimate of drug-likeness (QED) is 0.140. The van der Waals surface area contributed by atoms with Crippen LogP contribution < -0.4 is 4.89 Å². The van der Waals surface area contributed by atoms with Gasteiger partial charge in [0.1, 0.15) is 12.7 Å². The van der Waals surface area contributed by atoms with E-state index in [0.29, 0.717) is 24.2 Å².